The summed E-state index contributed by atoms with van der Waals surface area (Å²) >= 11 is 1.58. The summed E-state index contributed by atoms with van der Waals surface area (Å²) < 4.78 is 5.20. The summed E-state index contributed by atoms with van der Waals surface area (Å²) in [6.07, 6.45) is 1.67. The number of nitrogens with zero attached hydrogens (tertiary/aromatic N) is 1. The van der Waals surface area contributed by atoms with Crippen molar-refractivity contribution in [2.24, 2.45) is 5.16 Å². The highest BCUT2D eigenvalue weighted by Crippen LogP contribution is 2.15. The molecule has 1 rings (SSSR count). The number of rotatable bonds is 4. The zero-order valence-corrected chi connectivity index (χ0v) is 8.10. The van der Waals surface area contributed by atoms with Crippen molar-refractivity contribution in [1.29, 1.82) is 0 Å². The number of hydrogen-bond donors (Lipinski definition) is 0. The lowest BCUT2D eigenvalue weighted by Gasteiger charge is -2.12. The van der Waals surface area contributed by atoms with Gasteiger partial charge in [-0.25, -0.2) is 0 Å². The molecule has 1 aliphatic heterocycles. The van der Waals surface area contributed by atoms with Gasteiger partial charge in [0, 0.05) is 11.2 Å². The molecule has 0 aromatic heterocycles. The summed E-state index contributed by atoms with van der Waals surface area (Å²) in [4.78, 5) is 15.2. The van der Waals surface area contributed by atoms with Crippen molar-refractivity contribution >= 4 is 23.8 Å². The molecular formula is C8H10NO3S. The van der Waals surface area contributed by atoms with Crippen molar-refractivity contribution in [3.05, 3.63) is 11.2 Å². The fourth-order valence-corrected chi connectivity index (χ4v) is 1.36. The molecule has 0 saturated heterocycles. The standard InChI is InChI=1S/C8H10NO3S/c1-2-12-9-7(5-10)8-6-13-4-3-11-8/h6H,2-4H2,1H3. The van der Waals surface area contributed by atoms with Crippen LogP contribution in [0, 0.1) is 0 Å². The van der Waals surface area contributed by atoms with E-state index in [4.69, 9.17) is 9.57 Å². The minimum absolute atomic E-state index is 0.0917. The van der Waals surface area contributed by atoms with Gasteiger partial charge in [0.15, 0.2) is 11.5 Å². The second kappa shape index (κ2) is 5.64. The molecule has 71 valence electrons. The Morgan fingerprint density at radius 1 is 1.92 bits per heavy atom. The van der Waals surface area contributed by atoms with Gasteiger partial charge in [-0.15, -0.1) is 11.8 Å². The summed E-state index contributed by atoms with van der Waals surface area (Å²) in [5.74, 6) is 1.34. The molecule has 0 aromatic rings. The molecule has 0 saturated carbocycles. The van der Waals surface area contributed by atoms with E-state index in [-0.39, 0.29) is 5.71 Å². The molecule has 1 radical (unpaired) electrons. The van der Waals surface area contributed by atoms with Gasteiger partial charge in [0.2, 0.25) is 0 Å². The zero-order valence-electron chi connectivity index (χ0n) is 7.28. The number of oxime groups is 1. The molecule has 0 bridgehead atoms. The van der Waals surface area contributed by atoms with Crippen LogP contribution in [0.25, 0.3) is 0 Å². The summed E-state index contributed by atoms with van der Waals surface area (Å²) in [5.41, 5.74) is 0.0917. The predicted octanol–water partition coefficient (Wildman–Crippen LogP) is 1.09. The fraction of sp³-hybridized carbons (Fsp3) is 0.500. The maximum Gasteiger partial charge on any atom is 0.261 e. The van der Waals surface area contributed by atoms with Gasteiger partial charge >= 0.3 is 0 Å². The van der Waals surface area contributed by atoms with E-state index in [1.807, 2.05) is 0 Å². The number of ether oxygens (including phenoxy) is 1. The molecule has 0 unspecified atom stereocenters. The van der Waals surface area contributed by atoms with E-state index in [0.29, 0.717) is 19.0 Å². The highest BCUT2D eigenvalue weighted by molar-refractivity contribution is 8.02. The summed E-state index contributed by atoms with van der Waals surface area (Å²) in [6.45, 7) is 2.80. The monoisotopic (exact) mass is 200 g/mol. The lowest BCUT2D eigenvalue weighted by molar-refractivity contribution is 0.157. The molecule has 1 heterocycles. The largest absolute Gasteiger partial charge is 0.490 e. The lowest BCUT2D eigenvalue weighted by Crippen LogP contribution is -2.13. The van der Waals surface area contributed by atoms with Crippen LogP contribution in [-0.4, -0.2) is 31.0 Å². The zero-order chi connectivity index (χ0) is 9.52. The second-order valence-electron chi connectivity index (χ2n) is 2.16. The Morgan fingerprint density at radius 3 is 3.31 bits per heavy atom. The lowest BCUT2D eigenvalue weighted by atomic mass is 10.3. The van der Waals surface area contributed by atoms with Crippen LogP contribution in [0.5, 0.6) is 0 Å². The minimum Gasteiger partial charge on any atom is -0.490 e. The van der Waals surface area contributed by atoms with Crippen molar-refractivity contribution in [1.82, 2.24) is 0 Å². The van der Waals surface area contributed by atoms with Gasteiger partial charge in [-0.2, -0.15) is 0 Å². The highest BCUT2D eigenvalue weighted by Gasteiger charge is 2.12. The number of allylic oxidation sites excluding steroid dienone is 1. The molecule has 0 spiro atoms. The summed E-state index contributed by atoms with van der Waals surface area (Å²) in [7, 11) is 0. The first-order valence-electron chi connectivity index (χ1n) is 3.91. The average molecular weight is 200 g/mol. The molecule has 0 aliphatic carbocycles. The van der Waals surface area contributed by atoms with Crippen molar-refractivity contribution in [2.75, 3.05) is 19.0 Å². The number of hydrogen-bond acceptors (Lipinski definition) is 5. The van der Waals surface area contributed by atoms with Crippen LogP contribution in [0.2, 0.25) is 0 Å². The van der Waals surface area contributed by atoms with Crippen LogP contribution in [0.3, 0.4) is 0 Å². The van der Waals surface area contributed by atoms with E-state index in [9.17, 15) is 4.79 Å². The van der Waals surface area contributed by atoms with Gasteiger partial charge in [0.05, 0.1) is 6.61 Å². The predicted molar refractivity (Wildman–Crippen MR) is 51.2 cm³/mol. The van der Waals surface area contributed by atoms with Gasteiger partial charge in [-0.1, -0.05) is 5.16 Å². The molecule has 1 aliphatic rings. The summed E-state index contributed by atoms with van der Waals surface area (Å²) in [6, 6.07) is 0. The van der Waals surface area contributed by atoms with E-state index in [1.54, 1.807) is 30.4 Å². The van der Waals surface area contributed by atoms with Crippen LogP contribution in [0.1, 0.15) is 6.92 Å². The van der Waals surface area contributed by atoms with E-state index >= 15 is 0 Å². The normalized spacial score (nSPS) is 17.3. The third-order valence-corrected chi connectivity index (χ3v) is 2.05. The average Bonchev–Trinajstić information content (AvgIpc) is 2.21. The molecule has 0 N–H and O–H groups in total. The topological polar surface area (TPSA) is 47.9 Å². The SMILES string of the molecule is CCON=C([C]=O)C1=CSCCO1. The molecule has 4 nitrogen and oxygen atoms in total. The van der Waals surface area contributed by atoms with E-state index < -0.39 is 0 Å². The molecule has 0 aromatic carbocycles. The molecule has 0 atom stereocenters. The Labute approximate surface area is 81.0 Å². The van der Waals surface area contributed by atoms with Crippen LogP contribution < -0.4 is 0 Å². The maximum atomic E-state index is 10.4. The minimum atomic E-state index is 0.0917. The number of thioether (sulfide) groups is 1. The Bertz CT molecular complexity index is 238. The van der Waals surface area contributed by atoms with Gasteiger partial charge in [-0.05, 0) is 6.92 Å². The van der Waals surface area contributed by atoms with Crippen LogP contribution in [-0.2, 0) is 14.4 Å². The summed E-state index contributed by atoms with van der Waals surface area (Å²) in [5, 5.41) is 5.31. The van der Waals surface area contributed by atoms with Gasteiger partial charge in [-0.3, -0.25) is 4.79 Å². The number of carbonyl (C=O) groups excluding carboxylic acids is 1. The van der Waals surface area contributed by atoms with Gasteiger partial charge < -0.3 is 9.57 Å². The van der Waals surface area contributed by atoms with Gasteiger partial charge in [0.1, 0.15) is 6.61 Å². The van der Waals surface area contributed by atoms with Crippen LogP contribution >= 0.6 is 11.8 Å². The Morgan fingerprint density at radius 2 is 2.77 bits per heavy atom. The third-order valence-electron chi connectivity index (χ3n) is 1.26. The van der Waals surface area contributed by atoms with Crippen LogP contribution in [0.15, 0.2) is 16.3 Å². The van der Waals surface area contributed by atoms with E-state index in [2.05, 4.69) is 5.16 Å². The Balaban J connectivity index is 2.64. The molecular weight excluding hydrogens is 190 g/mol. The molecule has 0 amide bonds. The van der Waals surface area contributed by atoms with E-state index in [0.717, 1.165) is 5.75 Å². The Hall–Kier alpha value is -0.970. The van der Waals surface area contributed by atoms with Crippen LogP contribution in [0.4, 0.5) is 0 Å². The fourth-order valence-electron chi connectivity index (χ4n) is 0.736. The molecule has 13 heavy (non-hydrogen) atoms. The maximum absolute atomic E-state index is 10.4. The van der Waals surface area contributed by atoms with Crippen molar-refractivity contribution in [3.8, 4) is 0 Å². The van der Waals surface area contributed by atoms with Crippen molar-refractivity contribution in [2.45, 2.75) is 6.92 Å². The third kappa shape index (κ3) is 3.10. The quantitative estimate of drug-likeness (QED) is 0.503. The van der Waals surface area contributed by atoms with E-state index in [1.165, 1.54) is 0 Å². The van der Waals surface area contributed by atoms with Crippen molar-refractivity contribution in [3.63, 3.8) is 0 Å². The Kier molecular flexibility index (Phi) is 4.39. The van der Waals surface area contributed by atoms with Crippen molar-refractivity contribution < 1.29 is 14.4 Å². The first-order valence-corrected chi connectivity index (χ1v) is 4.96. The first kappa shape index (κ1) is 10.1. The highest BCUT2D eigenvalue weighted by atomic mass is 32.2. The molecule has 5 heteroatoms. The first-order chi connectivity index (χ1) is 6.38. The second-order valence-corrected chi connectivity index (χ2v) is 3.14. The smallest absolute Gasteiger partial charge is 0.261 e. The van der Waals surface area contributed by atoms with Gasteiger partial charge in [0.25, 0.3) is 6.29 Å². The molecule has 0 fully saturated rings.